The predicted octanol–water partition coefficient (Wildman–Crippen LogP) is 6.17. The number of hydrogen-bond donors (Lipinski definition) is 1. The fourth-order valence-electron chi connectivity index (χ4n) is 3.76. The highest BCUT2D eigenvalue weighted by atomic mass is 35.5. The van der Waals surface area contributed by atoms with Crippen LogP contribution >= 0.6 is 34.8 Å². The zero-order valence-electron chi connectivity index (χ0n) is 21.8. The maximum atomic E-state index is 13.9. The summed E-state index contributed by atoms with van der Waals surface area (Å²) in [7, 11) is -4.17. The van der Waals surface area contributed by atoms with Crippen LogP contribution in [0.1, 0.15) is 32.8 Å². The highest BCUT2D eigenvalue weighted by molar-refractivity contribution is 7.92. The molecule has 0 bridgehead atoms. The topological polar surface area (TPSA) is 86.8 Å². The minimum absolute atomic E-state index is 0.00707. The molecule has 208 valence electrons. The van der Waals surface area contributed by atoms with Gasteiger partial charge in [-0.1, -0.05) is 72.1 Å². The first-order valence-corrected chi connectivity index (χ1v) is 14.9. The summed E-state index contributed by atoms with van der Waals surface area (Å²) in [5, 5.41) is 3.93. The number of sulfonamides is 1. The molecule has 0 heterocycles. The van der Waals surface area contributed by atoms with E-state index in [1.165, 1.54) is 23.1 Å². The molecule has 0 saturated carbocycles. The molecule has 0 saturated heterocycles. The van der Waals surface area contributed by atoms with Gasteiger partial charge in [0.2, 0.25) is 11.8 Å². The van der Waals surface area contributed by atoms with Crippen LogP contribution in [0.4, 0.5) is 5.69 Å². The van der Waals surface area contributed by atoms with E-state index in [0.29, 0.717) is 27.1 Å². The molecule has 0 fully saturated rings. The van der Waals surface area contributed by atoms with E-state index in [-0.39, 0.29) is 29.1 Å². The van der Waals surface area contributed by atoms with E-state index < -0.39 is 28.5 Å². The Kier molecular flexibility index (Phi) is 10.7. The van der Waals surface area contributed by atoms with Gasteiger partial charge in [-0.3, -0.25) is 13.9 Å². The number of nitrogens with one attached hydrogen (secondary N) is 1. The Hall–Kier alpha value is -2.78. The molecule has 0 spiro atoms. The summed E-state index contributed by atoms with van der Waals surface area (Å²) in [5.41, 5.74) is 0.763. The summed E-state index contributed by atoms with van der Waals surface area (Å²) in [6.07, 6.45) is 0.702. The normalized spacial score (nSPS) is 12.9. The Balaban J connectivity index is 2.04. The number of anilines is 1. The van der Waals surface area contributed by atoms with Crippen molar-refractivity contribution in [2.75, 3.05) is 10.8 Å². The van der Waals surface area contributed by atoms with Crippen molar-refractivity contribution >= 4 is 62.3 Å². The molecule has 0 aliphatic carbocycles. The third-order valence-corrected chi connectivity index (χ3v) is 8.84. The van der Waals surface area contributed by atoms with Crippen molar-refractivity contribution in [2.45, 2.75) is 50.7 Å². The maximum absolute atomic E-state index is 13.9. The minimum atomic E-state index is -4.17. The predicted molar refractivity (Wildman–Crippen MR) is 157 cm³/mol. The summed E-state index contributed by atoms with van der Waals surface area (Å²) in [5.74, 6) is -0.977. The Morgan fingerprint density at radius 3 is 2.18 bits per heavy atom. The molecule has 0 unspecified atom stereocenters. The lowest BCUT2D eigenvalue weighted by atomic mass is 10.1. The van der Waals surface area contributed by atoms with Crippen molar-refractivity contribution in [3.8, 4) is 0 Å². The van der Waals surface area contributed by atoms with Crippen LogP contribution in [-0.4, -0.2) is 43.8 Å². The van der Waals surface area contributed by atoms with Crippen molar-refractivity contribution < 1.29 is 18.0 Å². The van der Waals surface area contributed by atoms with E-state index in [1.54, 1.807) is 61.5 Å². The molecular weight excluding hydrogens is 581 g/mol. The van der Waals surface area contributed by atoms with Gasteiger partial charge in [0.15, 0.2) is 0 Å². The highest BCUT2D eigenvalue weighted by Gasteiger charge is 2.33. The summed E-state index contributed by atoms with van der Waals surface area (Å²) >= 11 is 18.6. The van der Waals surface area contributed by atoms with Crippen LogP contribution in [0.5, 0.6) is 0 Å². The second kappa shape index (κ2) is 13.5. The summed E-state index contributed by atoms with van der Waals surface area (Å²) < 4.78 is 28.5. The lowest BCUT2D eigenvalue weighted by Crippen LogP contribution is -2.52. The second-order valence-corrected chi connectivity index (χ2v) is 12.2. The van der Waals surface area contributed by atoms with E-state index in [9.17, 15) is 18.0 Å². The zero-order valence-corrected chi connectivity index (χ0v) is 24.9. The highest BCUT2D eigenvalue weighted by Crippen LogP contribution is 2.28. The molecule has 1 N–H and O–H groups in total. The summed E-state index contributed by atoms with van der Waals surface area (Å²) in [6.45, 7) is 4.76. The smallest absolute Gasteiger partial charge is 0.264 e. The van der Waals surface area contributed by atoms with E-state index in [0.717, 1.165) is 4.31 Å². The first kappa shape index (κ1) is 30.8. The molecule has 0 aliphatic heterocycles. The molecule has 0 radical (unpaired) electrons. The van der Waals surface area contributed by atoms with Gasteiger partial charge in [0, 0.05) is 27.7 Å². The molecule has 7 nitrogen and oxygen atoms in total. The van der Waals surface area contributed by atoms with Crippen LogP contribution in [0.3, 0.4) is 0 Å². The number of benzene rings is 3. The molecule has 3 aromatic rings. The average molecular weight is 611 g/mol. The van der Waals surface area contributed by atoms with Gasteiger partial charge < -0.3 is 10.2 Å². The van der Waals surface area contributed by atoms with Crippen LogP contribution < -0.4 is 9.62 Å². The van der Waals surface area contributed by atoms with Gasteiger partial charge in [-0.25, -0.2) is 8.42 Å². The Morgan fingerprint density at radius 2 is 1.56 bits per heavy atom. The van der Waals surface area contributed by atoms with Gasteiger partial charge in [-0.2, -0.15) is 0 Å². The number of rotatable bonds is 11. The summed E-state index contributed by atoms with van der Waals surface area (Å²) in [4.78, 5) is 28.3. The maximum Gasteiger partial charge on any atom is 0.264 e. The Labute approximate surface area is 244 Å². The van der Waals surface area contributed by atoms with Gasteiger partial charge in [0.25, 0.3) is 10.0 Å². The van der Waals surface area contributed by atoms with Crippen LogP contribution in [0.2, 0.25) is 15.1 Å². The zero-order chi connectivity index (χ0) is 28.7. The molecule has 2 atom stereocenters. The Morgan fingerprint density at radius 1 is 0.897 bits per heavy atom. The number of amides is 2. The molecule has 3 rings (SSSR count). The third kappa shape index (κ3) is 7.88. The molecule has 2 amide bonds. The monoisotopic (exact) mass is 609 g/mol. The van der Waals surface area contributed by atoms with E-state index in [1.807, 2.05) is 13.8 Å². The quantitative estimate of drug-likeness (QED) is 0.281. The van der Waals surface area contributed by atoms with E-state index in [2.05, 4.69) is 5.32 Å². The molecular formula is C28H30Cl3N3O4S. The average Bonchev–Trinajstić information content (AvgIpc) is 2.91. The van der Waals surface area contributed by atoms with Crippen molar-refractivity contribution in [1.29, 1.82) is 0 Å². The van der Waals surface area contributed by atoms with Crippen molar-refractivity contribution in [1.82, 2.24) is 10.2 Å². The van der Waals surface area contributed by atoms with Crippen LogP contribution in [-0.2, 0) is 26.2 Å². The number of nitrogens with zero attached hydrogens (tertiary/aromatic N) is 2. The lowest BCUT2D eigenvalue weighted by Gasteiger charge is -2.32. The van der Waals surface area contributed by atoms with Crippen LogP contribution in [0, 0.1) is 0 Å². The second-order valence-electron chi connectivity index (χ2n) is 9.06. The fraction of sp³-hybridized carbons (Fsp3) is 0.286. The van der Waals surface area contributed by atoms with Crippen molar-refractivity contribution in [3.05, 3.63) is 93.4 Å². The van der Waals surface area contributed by atoms with Gasteiger partial charge in [0.05, 0.1) is 10.6 Å². The van der Waals surface area contributed by atoms with Gasteiger partial charge in [-0.15, -0.1) is 0 Å². The number of halogens is 3. The molecule has 0 aliphatic rings. The third-order valence-electron chi connectivity index (χ3n) is 6.23. The SMILES string of the molecule is CC[C@H](C)NC(=O)[C@@H](C)N(Cc1ccc(Cl)cc1Cl)C(=O)CN(c1cccc(Cl)c1)S(=O)(=O)c1ccccc1. The fourth-order valence-corrected chi connectivity index (χ4v) is 5.84. The standard InChI is InChI=1S/C28H30Cl3N3O4S/c1-4-19(2)32-28(36)20(3)33(17-21-13-14-23(30)16-26(21)31)27(35)18-34(24-10-8-9-22(29)15-24)39(37,38)25-11-6-5-7-12-25/h5-16,19-20H,4,17-18H2,1-3H3,(H,32,36)/t19-,20+/m0/s1. The van der Waals surface area contributed by atoms with Crippen LogP contribution in [0.15, 0.2) is 77.7 Å². The number of carbonyl (C=O) groups excluding carboxylic acids is 2. The van der Waals surface area contributed by atoms with Crippen LogP contribution in [0.25, 0.3) is 0 Å². The molecule has 0 aromatic heterocycles. The van der Waals surface area contributed by atoms with E-state index >= 15 is 0 Å². The van der Waals surface area contributed by atoms with Gasteiger partial charge in [-0.05, 0) is 68.3 Å². The van der Waals surface area contributed by atoms with Gasteiger partial charge >= 0.3 is 0 Å². The first-order valence-electron chi connectivity index (χ1n) is 12.3. The first-order chi connectivity index (χ1) is 18.4. The largest absolute Gasteiger partial charge is 0.352 e. The number of hydrogen-bond acceptors (Lipinski definition) is 4. The molecule has 11 heteroatoms. The lowest BCUT2D eigenvalue weighted by molar-refractivity contribution is -0.139. The Bertz CT molecular complexity index is 1420. The minimum Gasteiger partial charge on any atom is -0.352 e. The summed E-state index contributed by atoms with van der Waals surface area (Å²) in [6, 6.07) is 17.8. The molecule has 3 aromatic carbocycles. The number of carbonyl (C=O) groups is 2. The van der Waals surface area contributed by atoms with Gasteiger partial charge in [0.1, 0.15) is 12.6 Å². The van der Waals surface area contributed by atoms with Crippen molar-refractivity contribution in [2.24, 2.45) is 0 Å². The molecule has 39 heavy (non-hydrogen) atoms. The van der Waals surface area contributed by atoms with E-state index in [4.69, 9.17) is 34.8 Å². The van der Waals surface area contributed by atoms with Crippen molar-refractivity contribution in [3.63, 3.8) is 0 Å².